The third kappa shape index (κ3) is 2.93. The number of pyridine rings is 1. The lowest BCUT2D eigenvalue weighted by molar-refractivity contribution is 0.0602. The first-order chi connectivity index (χ1) is 11.2. The summed E-state index contributed by atoms with van der Waals surface area (Å²) >= 11 is 0. The van der Waals surface area contributed by atoms with Crippen molar-refractivity contribution in [2.24, 2.45) is 0 Å². The van der Waals surface area contributed by atoms with E-state index in [4.69, 9.17) is 14.5 Å². The molecule has 0 atom stereocenters. The molecule has 4 nitrogen and oxygen atoms in total. The van der Waals surface area contributed by atoms with Crippen LogP contribution in [0.5, 0.6) is 5.75 Å². The number of benzene rings is 2. The lowest BCUT2D eigenvalue weighted by atomic mass is 9.97. The first kappa shape index (κ1) is 17.8. The molecule has 24 heavy (non-hydrogen) atoms. The van der Waals surface area contributed by atoms with Gasteiger partial charge in [0.1, 0.15) is 5.75 Å². The molecule has 0 fully saturated rings. The number of hydrogen-bond donors (Lipinski definition) is 0. The van der Waals surface area contributed by atoms with Crippen molar-refractivity contribution in [2.45, 2.75) is 6.92 Å². The number of carbonyl (C=O) groups excluding carboxylic acids is 1. The maximum absolute atomic E-state index is 12.4. The molecule has 0 aliphatic rings. The van der Waals surface area contributed by atoms with Gasteiger partial charge in [-0.1, -0.05) is 36.4 Å². The normalized spacial score (nSPS) is 10.1. The van der Waals surface area contributed by atoms with Gasteiger partial charge in [0.15, 0.2) is 0 Å². The van der Waals surface area contributed by atoms with E-state index in [0.29, 0.717) is 22.2 Å². The Bertz CT molecular complexity index is 879. The minimum absolute atomic E-state index is 0. The maximum Gasteiger partial charge on any atom is 0.339 e. The Morgan fingerprint density at radius 2 is 1.71 bits per heavy atom. The number of carbonyl (C=O) groups is 1. The van der Waals surface area contributed by atoms with Crippen LogP contribution in [-0.2, 0) is 4.74 Å². The molecule has 0 N–H and O–H groups in total. The second-order valence-corrected chi connectivity index (χ2v) is 5.17. The minimum atomic E-state index is -0.392. The van der Waals surface area contributed by atoms with Gasteiger partial charge in [0.05, 0.1) is 36.4 Å². The number of aromatic nitrogens is 1. The van der Waals surface area contributed by atoms with Crippen molar-refractivity contribution >= 4 is 29.3 Å². The fourth-order valence-electron chi connectivity index (χ4n) is 2.78. The van der Waals surface area contributed by atoms with Crippen LogP contribution in [-0.4, -0.2) is 25.2 Å². The Balaban J connectivity index is 0.00000208. The van der Waals surface area contributed by atoms with Gasteiger partial charge in [0, 0.05) is 5.56 Å². The summed E-state index contributed by atoms with van der Waals surface area (Å²) in [6.45, 7) is 1.88. The Hall–Kier alpha value is -2.59. The summed E-state index contributed by atoms with van der Waals surface area (Å²) < 4.78 is 10.4. The zero-order valence-corrected chi connectivity index (χ0v) is 14.5. The van der Waals surface area contributed by atoms with Gasteiger partial charge in [-0.25, -0.2) is 9.78 Å². The van der Waals surface area contributed by atoms with E-state index in [1.807, 2.05) is 55.5 Å². The quantitative estimate of drug-likeness (QED) is 0.660. The van der Waals surface area contributed by atoms with Crippen molar-refractivity contribution in [1.29, 1.82) is 0 Å². The van der Waals surface area contributed by atoms with Crippen LogP contribution in [0.15, 0.2) is 48.5 Å². The summed E-state index contributed by atoms with van der Waals surface area (Å²) in [4.78, 5) is 17.1. The SMILES string of the molecule is COC(=O)c1c(C)c(-c2ccccc2)nc2cccc(OC)c12.Cl. The fraction of sp³-hybridized carbons (Fsp3) is 0.158. The first-order valence-electron chi connectivity index (χ1n) is 7.28. The second-order valence-electron chi connectivity index (χ2n) is 5.17. The molecule has 0 unspecified atom stereocenters. The van der Waals surface area contributed by atoms with Crippen LogP contribution in [0.4, 0.5) is 0 Å². The van der Waals surface area contributed by atoms with E-state index in [-0.39, 0.29) is 12.4 Å². The van der Waals surface area contributed by atoms with Crippen LogP contribution in [0.3, 0.4) is 0 Å². The zero-order valence-electron chi connectivity index (χ0n) is 13.7. The average molecular weight is 344 g/mol. The monoisotopic (exact) mass is 343 g/mol. The number of nitrogens with zero attached hydrogens (tertiary/aromatic N) is 1. The van der Waals surface area contributed by atoms with Crippen molar-refractivity contribution in [3.63, 3.8) is 0 Å². The molecule has 0 saturated carbocycles. The number of methoxy groups -OCH3 is 2. The molecule has 1 heterocycles. The molecule has 5 heteroatoms. The summed E-state index contributed by atoms with van der Waals surface area (Å²) in [5.74, 6) is 0.217. The molecule has 0 aliphatic heterocycles. The molecule has 0 bridgehead atoms. The van der Waals surface area contributed by atoms with Gasteiger partial charge >= 0.3 is 5.97 Å². The number of fused-ring (bicyclic) bond motifs is 1. The van der Waals surface area contributed by atoms with E-state index in [0.717, 1.165) is 16.8 Å². The molecule has 1 aromatic heterocycles. The summed E-state index contributed by atoms with van der Waals surface area (Å²) in [6.07, 6.45) is 0. The van der Waals surface area contributed by atoms with E-state index in [1.54, 1.807) is 7.11 Å². The third-order valence-corrected chi connectivity index (χ3v) is 3.87. The minimum Gasteiger partial charge on any atom is -0.496 e. The van der Waals surface area contributed by atoms with Crippen LogP contribution in [0.1, 0.15) is 15.9 Å². The van der Waals surface area contributed by atoms with Crippen LogP contribution in [0, 0.1) is 6.92 Å². The number of hydrogen-bond acceptors (Lipinski definition) is 4. The maximum atomic E-state index is 12.4. The van der Waals surface area contributed by atoms with Crippen LogP contribution < -0.4 is 4.74 Å². The van der Waals surface area contributed by atoms with Gasteiger partial charge < -0.3 is 9.47 Å². The number of esters is 1. The first-order valence-corrected chi connectivity index (χ1v) is 7.28. The van der Waals surface area contributed by atoms with Gasteiger partial charge in [0.2, 0.25) is 0 Å². The van der Waals surface area contributed by atoms with Gasteiger partial charge in [-0.05, 0) is 24.6 Å². The fourth-order valence-corrected chi connectivity index (χ4v) is 2.78. The molecule has 0 aliphatic carbocycles. The van der Waals surface area contributed by atoms with Crippen molar-refractivity contribution < 1.29 is 14.3 Å². The molecular formula is C19H18ClNO3. The van der Waals surface area contributed by atoms with Gasteiger partial charge in [0.25, 0.3) is 0 Å². The van der Waals surface area contributed by atoms with E-state index < -0.39 is 5.97 Å². The van der Waals surface area contributed by atoms with Crippen LogP contribution in [0.2, 0.25) is 0 Å². The molecule has 3 aromatic rings. The van der Waals surface area contributed by atoms with Crippen LogP contribution in [0.25, 0.3) is 22.2 Å². The molecule has 0 amide bonds. The largest absolute Gasteiger partial charge is 0.496 e. The highest BCUT2D eigenvalue weighted by atomic mass is 35.5. The highest BCUT2D eigenvalue weighted by molar-refractivity contribution is 6.08. The van der Waals surface area contributed by atoms with Gasteiger partial charge in [-0.2, -0.15) is 0 Å². The van der Waals surface area contributed by atoms with Gasteiger partial charge in [-0.15, -0.1) is 12.4 Å². The Kier molecular flexibility index (Phi) is 5.42. The second kappa shape index (κ2) is 7.32. The van der Waals surface area contributed by atoms with E-state index >= 15 is 0 Å². The summed E-state index contributed by atoms with van der Waals surface area (Å²) in [5, 5.41) is 0.680. The third-order valence-electron chi connectivity index (χ3n) is 3.87. The van der Waals surface area contributed by atoms with E-state index in [2.05, 4.69) is 0 Å². The van der Waals surface area contributed by atoms with E-state index in [9.17, 15) is 4.79 Å². The summed E-state index contributed by atoms with van der Waals surface area (Å²) in [6, 6.07) is 15.3. The lowest BCUT2D eigenvalue weighted by Gasteiger charge is -2.15. The predicted octanol–water partition coefficient (Wildman–Crippen LogP) is 4.43. The smallest absolute Gasteiger partial charge is 0.339 e. The number of halogens is 1. The van der Waals surface area contributed by atoms with E-state index in [1.165, 1.54) is 7.11 Å². The predicted molar refractivity (Wildman–Crippen MR) is 97.1 cm³/mol. The molecule has 2 aromatic carbocycles. The van der Waals surface area contributed by atoms with Crippen molar-refractivity contribution in [1.82, 2.24) is 4.98 Å². The average Bonchev–Trinajstić information content (AvgIpc) is 2.60. The summed E-state index contributed by atoms with van der Waals surface area (Å²) in [7, 11) is 2.96. The lowest BCUT2D eigenvalue weighted by Crippen LogP contribution is -2.08. The topological polar surface area (TPSA) is 48.4 Å². The summed E-state index contributed by atoms with van der Waals surface area (Å²) in [5.41, 5.74) is 3.70. The van der Waals surface area contributed by atoms with Crippen molar-refractivity contribution in [3.8, 4) is 17.0 Å². The van der Waals surface area contributed by atoms with Crippen molar-refractivity contribution in [2.75, 3.05) is 14.2 Å². The molecule has 0 radical (unpaired) electrons. The Morgan fingerprint density at radius 1 is 1.00 bits per heavy atom. The molecule has 3 rings (SSSR count). The number of ether oxygens (including phenoxy) is 2. The van der Waals surface area contributed by atoms with Gasteiger partial charge in [-0.3, -0.25) is 0 Å². The highest BCUT2D eigenvalue weighted by Gasteiger charge is 2.21. The van der Waals surface area contributed by atoms with Crippen molar-refractivity contribution in [3.05, 3.63) is 59.7 Å². The molecule has 0 spiro atoms. The Morgan fingerprint density at radius 3 is 2.33 bits per heavy atom. The Labute approximate surface area is 146 Å². The number of rotatable bonds is 3. The molecule has 0 saturated heterocycles. The van der Waals surface area contributed by atoms with Crippen LogP contribution >= 0.6 is 12.4 Å². The molecular weight excluding hydrogens is 326 g/mol. The standard InChI is InChI=1S/C19H17NO3.ClH/c1-12-16(19(21)23-3)17-14(10-7-11-15(17)22-2)20-18(12)13-8-5-4-6-9-13;/h4-11H,1-3H3;1H. The highest BCUT2D eigenvalue weighted by Crippen LogP contribution is 2.34. The zero-order chi connectivity index (χ0) is 16.4. The molecule has 124 valence electrons.